The van der Waals surface area contributed by atoms with Gasteiger partial charge in [-0.1, -0.05) is 13.0 Å². The minimum absolute atomic E-state index is 0.405. The Labute approximate surface area is 80.6 Å². The Balaban J connectivity index is 3.24. The molecule has 0 saturated carbocycles. The van der Waals surface area contributed by atoms with Crippen LogP contribution in [0.4, 0.5) is 0 Å². The zero-order valence-electron chi connectivity index (χ0n) is 6.69. The summed E-state index contributed by atoms with van der Waals surface area (Å²) >= 11 is 2.17. The molecule has 0 aromatic heterocycles. The summed E-state index contributed by atoms with van der Waals surface area (Å²) in [5.41, 5.74) is 2.35. The van der Waals surface area contributed by atoms with E-state index in [2.05, 4.69) is 35.6 Å². The van der Waals surface area contributed by atoms with Crippen LogP contribution in [0.25, 0.3) is 0 Å². The van der Waals surface area contributed by atoms with Gasteiger partial charge in [0.05, 0.1) is 3.57 Å². The minimum Gasteiger partial charge on any atom is -0.507 e. The van der Waals surface area contributed by atoms with E-state index in [4.69, 9.17) is 0 Å². The van der Waals surface area contributed by atoms with Crippen LogP contribution in [0.3, 0.4) is 0 Å². The van der Waals surface area contributed by atoms with Crippen molar-refractivity contribution in [2.75, 3.05) is 0 Å². The second kappa shape index (κ2) is 3.43. The van der Waals surface area contributed by atoms with Crippen LogP contribution in [-0.4, -0.2) is 5.11 Å². The molecule has 0 aliphatic rings. The van der Waals surface area contributed by atoms with Crippen LogP contribution in [0.5, 0.6) is 5.75 Å². The van der Waals surface area contributed by atoms with Crippen LogP contribution < -0.4 is 0 Å². The van der Waals surface area contributed by atoms with Gasteiger partial charge in [-0.15, -0.1) is 0 Å². The van der Waals surface area contributed by atoms with Crippen molar-refractivity contribution in [3.8, 4) is 5.75 Å². The lowest BCUT2D eigenvalue weighted by atomic mass is 10.1. The summed E-state index contributed by atoms with van der Waals surface area (Å²) in [5.74, 6) is 0.405. The van der Waals surface area contributed by atoms with Gasteiger partial charge in [-0.2, -0.15) is 0 Å². The fourth-order valence-corrected chi connectivity index (χ4v) is 1.77. The average Bonchev–Trinajstić information content (AvgIpc) is 1.96. The van der Waals surface area contributed by atoms with Crippen molar-refractivity contribution in [1.82, 2.24) is 0 Å². The molecule has 0 fully saturated rings. The molecule has 0 aliphatic carbocycles. The van der Waals surface area contributed by atoms with E-state index in [1.807, 2.05) is 6.92 Å². The average molecular weight is 262 g/mol. The quantitative estimate of drug-likeness (QED) is 0.771. The number of rotatable bonds is 1. The second-order valence-electron chi connectivity index (χ2n) is 2.61. The summed E-state index contributed by atoms with van der Waals surface area (Å²) in [6.45, 7) is 4.09. The first-order valence-electron chi connectivity index (χ1n) is 3.63. The maximum absolute atomic E-state index is 9.40. The monoisotopic (exact) mass is 262 g/mol. The third-order valence-corrected chi connectivity index (χ3v) is 2.90. The highest BCUT2D eigenvalue weighted by Crippen LogP contribution is 2.25. The van der Waals surface area contributed by atoms with Crippen LogP contribution in [0, 0.1) is 10.5 Å². The summed E-state index contributed by atoms with van der Waals surface area (Å²) in [6.07, 6.45) is 0.980. The zero-order chi connectivity index (χ0) is 8.43. The van der Waals surface area contributed by atoms with E-state index < -0.39 is 0 Å². The maximum Gasteiger partial charge on any atom is 0.129 e. The highest BCUT2D eigenvalue weighted by Gasteiger charge is 2.03. The van der Waals surface area contributed by atoms with Crippen LogP contribution in [0.2, 0.25) is 0 Å². The smallest absolute Gasteiger partial charge is 0.129 e. The number of hydrogen-bond acceptors (Lipinski definition) is 1. The molecular weight excluding hydrogens is 251 g/mol. The highest BCUT2D eigenvalue weighted by molar-refractivity contribution is 14.1. The Hall–Kier alpha value is -0.250. The first-order chi connectivity index (χ1) is 5.15. The molecule has 1 aromatic rings. The van der Waals surface area contributed by atoms with Gasteiger partial charge in [-0.3, -0.25) is 0 Å². The number of aryl methyl sites for hydroxylation is 2. The Bertz CT molecular complexity index is 269. The second-order valence-corrected chi connectivity index (χ2v) is 3.69. The van der Waals surface area contributed by atoms with Gasteiger partial charge in [0, 0.05) is 0 Å². The van der Waals surface area contributed by atoms with E-state index in [0.29, 0.717) is 5.75 Å². The van der Waals surface area contributed by atoms with Crippen molar-refractivity contribution in [2.24, 2.45) is 0 Å². The van der Waals surface area contributed by atoms with Gasteiger partial charge in [-0.25, -0.2) is 0 Å². The predicted octanol–water partition coefficient (Wildman–Crippen LogP) is 2.87. The normalized spacial score (nSPS) is 10.1. The van der Waals surface area contributed by atoms with Crippen LogP contribution in [0.15, 0.2) is 12.1 Å². The third-order valence-electron chi connectivity index (χ3n) is 1.65. The summed E-state index contributed by atoms with van der Waals surface area (Å²) in [7, 11) is 0. The molecular formula is C9H11IO. The van der Waals surface area contributed by atoms with Crippen molar-refractivity contribution in [3.63, 3.8) is 0 Å². The number of hydrogen-bond donors (Lipinski definition) is 1. The molecule has 0 bridgehead atoms. The number of halogens is 1. The topological polar surface area (TPSA) is 20.2 Å². The van der Waals surface area contributed by atoms with Gasteiger partial charge in [0.25, 0.3) is 0 Å². The van der Waals surface area contributed by atoms with Gasteiger partial charge in [0.15, 0.2) is 0 Å². The molecule has 11 heavy (non-hydrogen) atoms. The lowest BCUT2D eigenvalue weighted by Gasteiger charge is -2.04. The predicted molar refractivity (Wildman–Crippen MR) is 54.9 cm³/mol. The molecule has 1 N–H and O–H groups in total. The molecule has 1 nitrogen and oxygen atoms in total. The van der Waals surface area contributed by atoms with Crippen molar-refractivity contribution in [2.45, 2.75) is 20.3 Å². The molecule has 0 amide bonds. The minimum atomic E-state index is 0.405. The first-order valence-corrected chi connectivity index (χ1v) is 4.71. The standard InChI is InChI=1S/C9H11IO/c1-3-7-4-6(2)5-8(11)9(7)10/h4-5,11H,3H2,1-2H3. The molecule has 1 rings (SSSR count). The van der Waals surface area contributed by atoms with Crippen LogP contribution in [-0.2, 0) is 6.42 Å². The molecule has 0 heterocycles. The molecule has 60 valence electrons. The van der Waals surface area contributed by atoms with Gasteiger partial charge >= 0.3 is 0 Å². The summed E-state index contributed by atoms with van der Waals surface area (Å²) in [4.78, 5) is 0. The number of phenolic OH excluding ortho intramolecular Hbond substituents is 1. The van der Waals surface area contributed by atoms with Crippen LogP contribution >= 0.6 is 22.6 Å². The summed E-state index contributed by atoms with van der Waals surface area (Å²) in [6, 6.07) is 3.91. The molecule has 0 atom stereocenters. The van der Waals surface area contributed by atoms with Gasteiger partial charge in [0.1, 0.15) is 5.75 Å². The number of benzene rings is 1. The highest BCUT2D eigenvalue weighted by atomic mass is 127. The Morgan fingerprint density at radius 3 is 2.64 bits per heavy atom. The van der Waals surface area contributed by atoms with Gasteiger partial charge in [0.2, 0.25) is 0 Å². The van der Waals surface area contributed by atoms with E-state index in [9.17, 15) is 5.11 Å². The van der Waals surface area contributed by atoms with Crippen molar-refractivity contribution < 1.29 is 5.11 Å². The van der Waals surface area contributed by atoms with Gasteiger partial charge < -0.3 is 5.11 Å². The zero-order valence-corrected chi connectivity index (χ0v) is 8.84. The first kappa shape index (κ1) is 8.84. The molecule has 0 spiro atoms. The molecule has 0 radical (unpaired) electrons. The molecule has 2 heteroatoms. The Kier molecular flexibility index (Phi) is 2.76. The molecule has 1 aromatic carbocycles. The van der Waals surface area contributed by atoms with E-state index >= 15 is 0 Å². The Morgan fingerprint density at radius 2 is 2.09 bits per heavy atom. The van der Waals surface area contributed by atoms with E-state index in [1.54, 1.807) is 6.07 Å². The Morgan fingerprint density at radius 1 is 1.45 bits per heavy atom. The molecule has 0 saturated heterocycles. The van der Waals surface area contributed by atoms with Crippen molar-refractivity contribution in [3.05, 3.63) is 26.8 Å². The maximum atomic E-state index is 9.40. The van der Waals surface area contributed by atoms with Crippen molar-refractivity contribution >= 4 is 22.6 Å². The SMILES string of the molecule is CCc1cc(C)cc(O)c1I. The summed E-state index contributed by atoms with van der Waals surface area (Å²) < 4.78 is 0.982. The van der Waals surface area contributed by atoms with Gasteiger partial charge in [-0.05, 0) is 53.1 Å². The lowest BCUT2D eigenvalue weighted by molar-refractivity contribution is 0.470. The van der Waals surface area contributed by atoms with Crippen LogP contribution in [0.1, 0.15) is 18.1 Å². The van der Waals surface area contributed by atoms with E-state index in [-0.39, 0.29) is 0 Å². The fraction of sp³-hybridized carbons (Fsp3) is 0.333. The lowest BCUT2D eigenvalue weighted by Crippen LogP contribution is -1.87. The van der Waals surface area contributed by atoms with E-state index in [1.165, 1.54) is 5.56 Å². The van der Waals surface area contributed by atoms with Crippen molar-refractivity contribution in [1.29, 1.82) is 0 Å². The van der Waals surface area contributed by atoms with E-state index in [0.717, 1.165) is 15.6 Å². The molecule has 0 aliphatic heterocycles. The summed E-state index contributed by atoms with van der Waals surface area (Å²) in [5, 5.41) is 9.40. The number of aromatic hydroxyl groups is 1. The third kappa shape index (κ3) is 1.86. The number of phenols is 1. The fourth-order valence-electron chi connectivity index (χ4n) is 1.08. The largest absolute Gasteiger partial charge is 0.507 e. The molecule has 0 unspecified atom stereocenters.